The second kappa shape index (κ2) is 15.4. The number of rotatable bonds is 5. The summed E-state index contributed by atoms with van der Waals surface area (Å²) in [7, 11) is 0. The Bertz CT molecular complexity index is 1500. The molecule has 0 aliphatic heterocycles. The lowest BCUT2D eigenvalue weighted by Gasteiger charge is -2.07. The number of benzene rings is 4. The standard InChI is InChI=1S/C14H11BrN2O2.C7H4BrClO.C7H8N2O/c15-12-7-2-1-6-11(12)14(19)17-10-5-3-4-9(8-10)13(16)18;8-6-4-2-1-3-5(6)7(9)10;8-6-3-1-2-5(4-6)7(9)10/h1-8H,(H2,16,18)(H,17,19);1-4H;1-4H,8H2,(H2,9,10). The topological polar surface area (TPSA) is 158 Å². The van der Waals surface area contributed by atoms with E-state index in [0.717, 1.165) is 4.47 Å². The van der Waals surface area contributed by atoms with Crippen LogP contribution in [-0.4, -0.2) is 23.0 Å². The maximum atomic E-state index is 12.1. The van der Waals surface area contributed by atoms with E-state index < -0.39 is 17.1 Å². The minimum absolute atomic E-state index is 0.255. The lowest BCUT2D eigenvalue weighted by Crippen LogP contribution is -2.14. The smallest absolute Gasteiger partial charge is 0.256 e. The quantitative estimate of drug-likeness (QED) is 0.151. The molecule has 0 atom stereocenters. The first-order valence-electron chi connectivity index (χ1n) is 11.0. The minimum atomic E-state index is -0.531. The van der Waals surface area contributed by atoms with Gasteiger partial charge in [-0.05, 0) is 88.2 Å². The highest BCUT2D eigenvalue weighted by atomic mass is 79.9. The van der Waals surface area contributed by atoms with Gasteiger partial charge in [0, 0.05) is 37.0 Å². The molecule has 4 rings (SSSR count). The normalized spacial score (nSPS) is 9.62. The van der Waals surface area contributed by atoms with Crippen molar-refractivity contribution in [3.8, 4) is 0 Å². The summed E-state index contributed by atoms with van der Waals surface area (Å²) in [6, 6.07) is 27.2. The summed E-state index contributed by atoms with van der Waals surface area (Å²) in [5.74, 6) is -1.24. The first-order valence-corrected chi connectivity index (χ1v) is 13.0. The van der Waals surface area contributed by atoms with Crippen molar-refractivity contribution in [1.82, 2.24) is 0 Å². The van der Waals surface area contributed by atoms with Gasteiger partial charge in [0.1, 0.15) is 0 Å². The van der Waals surface area contributed by atoms with Gasteiger partial charge in [0.15, 0.2) is 0 Å². The van der Waals surface area contributed by atoms with Gasteiger partial charge in [-0.25, -0.2) is 0 Å². The largest absolute Gasteiger partial charge is 0.399 e. The van der Waals surface area contributed by atoms with Gasteiger partial charge < -0.3 is 22.5 Å². The first-order chi connectivity index (χ1) is 18.5. The van der Waals surface area contributed by atoms with E-state index in [1.165, 1.54) is 6.07 Å². The van der Waals surface area contributed by atoms with Crippen LogP contribution >= 0.6 is 43.5 Å². The Morgan fingerprint density at radius 1 is 0.641 bits per heavy atom. The van der Waals surface area contributed by atoms with Crippen LogP contribution in [0.25, 0.3) is 0 Å². The third-order valence-electron chi connectivity index (χ3n) is 4.78. The van der Waals surface area contributed by atoms with Gasteiger partial charge in [0.25, 0.3) is 11.1 Å². The molecule has 4 aromatic rings. The summed E-state index contributed by atoms with van der Waals surface area (Å²) in [5, 5.41) is 2.28. The number of amides is 3. The van der Waals surface area contributed by atoms with E-state index in [4.69, 9.17) is 28.8 Å². The Labute approximate surface area is 246 Å². The highest BCUT2D eigenvalue weighted by Gasteiger charge is 2.10. The van der Waals surface area contributed by atoms with Gasteiger partial charge in [-0.15, -0.1) is 0 Å². The number of primary amides is 2. The second-order valence-corrected chi connectivity index (χ2v) is 9.67. The van der Waals surface area contributed by atoms with Crippen molar-refractivity contribution >= 4 is 77.8 Å². The fourth-order valence-electron chi connectivity index (χ4n) is 2.91. The molecular formula is C28H23Br2ClN4O4. The average molecular weight is 675 g/mol. The molecule has 4 aromatic carbocycles. The first kappa shape index (κ1) is 31.2. The summed E-state index contributed by atoms with van der Waals surface area (Å²) in [6.45, 7) is 0. The van der Waals surface area contributed by atoms with Crippen molar-refractivity contribution < 1.29 is 19.2 Å². The zero-order chi connectivity index (χ0) is 28.9. The number of hydrogen-bond donors (Lipinski definition) is 4. The van der Waals surface area contributed by atoms with E-state index in [0.29, 0.717) is 38.1 Å². The summed E-state index contributed by atoms with van der Waals surface area (Å²) >= 11 is 11.7. The molecule has 0 saturated carbocycles. The molecule has 0 spiro atoms. The molecule has 0 saturated heterocycles. The number of nitrogens with two attached hydrogens (primary N) is 3. The highest BCUT2D eigenvalue weighted by molar-refractivity contribution is 9.10. The molecule has 8 nitrogen and oxygen atoms in total. The Kier molecular flexibility index (Phi) is 12.4. The molecular weight excluding hydrogens is 652 g/mol. The lowest BCUT2D eigenvalue weighted by atomic mass is 10.1. The van der Waals surface area contributed by atoms with Crippen LogP contribution in [0.5, 0.6) is 0 Å². The zero-order valence-corrected chi connectivity index (χ0v) is 24.2. The fraction of sp³-hybridized carbons (Fsp3) is 0. The maximum Gasteiger partial charge on any atom is 0.256 e. The molecule has 39 heavy (non-hydrogen) atoms. The zero-order valence-electron chi connectivity index (χ0n) is 20.2. The number of nitrogens with one attached hydrogen (secondary N) is 1. The molecule has 0 aliphatic carbocycles. The van der Waals surface area contributed by atoms with Crippen molar-refractivity contribution in [3.05, 3.63) is 128 Å². The molecule has 0 bridgehead atoms. The van der Waals surface area contributed by atoms with Crippen molar-refractivity contribution in [2.24, 2.45) is 11.5 Å². The van der Waals surface area contributed by atoms with Crippen molar-refractivity contribution in [3.63, 3.8) is 0 Å². The van der Waals surface area contributed by atoms with Crippen LogP contribution in [0.3, 0.4) is 0 Å². The molecule has 0 aromatic heterocycles. The molecule has 11 heteroatoms. The van der Waals surface area contributed by atoms with Gasteiger partial charge in [0.05, 0.1) is 5.56 Å². The Morgan fingerprint density at radius 2 is 1.13 bits per heavy atom. The number of halogens is 3. The predicted molar refractivity (Wildman–Crippen MR) is 161 cm³/mol. The van der Waals surface area contributed by atoms with Crippen LogP contribution in [0.2, 0.25) is 0 Å². The van der Waals surface area contributed by atoms with E-state index in [1.807, 2.05) is 12.1 Å². The number of hydrogen-bond acceptors (Lipinski definition) is 5. The molecule has 0 aliphatic rings. The van der Waals surface area contributed by atoms with Crippen LogP contribution < -0.4 is 22.5 Å². The predicted octanol–water partition coefficient (Wildman–Crippen LogP) is 6.00. The molecule has 7 N–H and O–H groups in total. The highest BCUT2D eigenvalue weighted by Crippen LogP contribution is 2.19. The summed E-state index contributed by atoms with van der Waals surface area (Å²) in [5.41, 5.74) is 18.5. The van der Waals surface area contributed by atoms with Crippen molar-refractivity contribution in [2.75, 3.05) is 11.1 Å². The molecule has 0 unspecified atom stereocenters. The third-order valence-corrected chi connectivity index (χ3v) is 6.37. The summed E-state index contributed by atoms with van der Waals surface area (Å²) < 4.78 is 1.44. The molecule has 3 amide bonds. The maximum absolute atomic E-state index is 12.1. The van der Waals surface area contributed by atoms with Gasteiger partial charge in [-0.1, -0.05) is 52.3 Å². The Balaban J connectivity index is 0.000000225. The van der Waals surface area contributed by atoms with Crippen LogP contribution in [0, 0.1) is 0 Å². The SMILES string of the molecule is NC(=O)c1cccc(N)c1.NC(=O)c1cccc(NC(=O)c2ccccc2Br)c1.O=C(Cl)c1ccccc1Br. The van der Waals surface area contributed by atoms with Gasteiger partial charge >= 0.3 is 0 Å². The Morgan fingerprint density at radius 3 is 1.56 bits per heavy atom. The van der Waals surface area contributed by atoms with E-state index in [9.17, 15) is 19.2 Å². The number of nitrogen functional groups attached to an aromatic ring is 1. The van der Waals surface area contributed by atoms with E-state index >= 15 is 0 Å². The second-order valence-electron chi connectivity index (χ2n) is 7.62. The van der Waals surface area contributed by atoms with E-state index in [2.05, 4.69) is 37.2 Å². The van der Waals surface area contributed by atoms with Crippen molar-refractivity contribution in [2.45, 2.75) is 0 Å². The average Bonchev–Trinajstić information content (AvgIpc) is 2.90. The lowest BCUT2D eigenvalue weighted by molar-refractivity contribution is 0.0992. The summed E-state index contributed by atoms with van der Waals surface area (Å²) in [6.07, 6.45) is 0. The number of carbonyl (C=O) groups excluding carboxylic acids is 4. The van der Waals surface area contributed by atoms with Crippen LogP contribution in [-0.2, 0) is 0 Å². The van der Waals surface area contributed by atoms with Crippen LogP contribution in [0.4, 0.5) is 11.4 Å². The van der Waals surface area contributed by atoms with Gasteiger partial charge in [-0.2, -0.15) is 0 Å². The molecule has 0 heterocycles. The number of carbonyl (C=O) groups is 4. The van der Waals surface area contributed by atoms with Crippen LogP contribution in [0.1, 0.15) is 41.4 Å². The van der Waals surface area contributed by atoms with E-state index in [1.54, 1.807) is 78.9 Å². The molecule has 200 valence electrons. The third kappa shape index (κ3) is 10.4. The van der Waals surface area contributed by atoms with E-state index in [-0.39, 0.29) is 5.91 Å². The monoisotopic (exact) mass is 672 g/mol. The molecule has 0 fully saturated rings. The van der Waals surface area contributed by atoms with Gasteiger partial charge in [0.2, 0.25) is 11.8 Å². The van der Waals surface area contributed by atoms with Gasteiger partial charge in [-0.3, -0.25) is 19.2 Å². The fourth-order valence-corrected chi connectivity index (χ4v) is 4.12. The Hall–Kier alpha value is -3.99. The minimum Gasteiger partial charge on any atom is -0.399 e. The molecule has 0 radical (unpaired) electrons. The number of anilines is 2. The van der Waals surface area contributed by atoms with Crippen molar-refractivity contribution in [1.29, 1.82) is 0 Å². The van der Waals surface area contributed by atoms with Crippen LogP contribution in [0.15, 0.2) is 106 Å². The summed E-state index contributed by atoms with van der Waals surface area (Å²) in [4.78, 5) is 44.2.